The summed E-state index contributed by atoms with van der Waals surface area (Å²) in [6, 6.07) is 1.88. The smallest absolute Gasteiger partial charge is 0.0637 e. The van der Waals surface area contributed by atoms with E-state index < -0.39 is 0 Å². The monoisotopic (exact) mass is 268 g/mol. The molecule has 2 aliphatic heterocycles. The quantitative estimate of drug-likeness (QED) is 0.848. The molecule has 2 aliphatic rings. The van der Waals surface area contributed by atoms with Gasteiger partial charge in [-0.3, -0.25) is 4.90 Å². The van der Waals surface area contributed by atoms with Crippen LogP contribution in [-0.4, -0.2) is 49.3 Å². The molecule has 2 fully saturated rings. The summed E-state index contributed by atoms with van der Waals surface area (Å²) in [6.45, 7) is 13.7. The van der Waals surface area contributed by atoms with Crippen LogP contribution in [0.25, 0.3) is 0 Å². The molecule has 2 saturated heterocycles. The van der Waals surface area contributed by atoms with Crippen molar-refractivity contribution >= 4 is 0 Å². The highest BCUT2D eigenvalue weighted by molar-refractivity contribution is 4.93. The largest absolute Gasteiger partial charge is 0.380 e. The highest BCUT2D eigenvalue weighted by Crippen LogP contribution is 2.30. The molecule has 0 aliphatic carbocycles. The Labute approximate surface area is 119 Å². The number of ether oxygens (including phenoxy) is 1. The standard InChI is InChI=1S/C16H32N2O/c1-5-7-17-15-6-8-19-11-16(15)18-10-12(2)9-13(3)14(18)4/h12-17H,5-11H2,1-4H3. The van der Waals surface area contributed by atoms with Crippen molar-refractivity contribution in [3.63, 3.8) is 0 Å². The summed E-state index contributed by atoms with van der Waals surface area (Å²) in [4.78, 5) is 2.73. The van der Waals surface area contributed by atoms with Gasteiger partial charge in [-0.25, -0.2) is 0 Å². The average molecular weight is 268 g/mol. The molecule has 2 rings (SSSR count). The molecule has 1 N–H and O–H groups in total. The molecule has 0 radical (unpaired) electrons. The van der Waals surface area contributed by atoms with Gasteiger partial charge in [0.25, 0.3) is 0 Å². The number of likely N-dealkylation sites (tertiary alicyclic amines) is 1. The highest BCUT2D eigenvalue weighted by atomic mass is 16.5. The van der Waals surface area contributed by atoms with Crippen LogP contribution in [0.5, 0.6) is 0 Å². The molecule has 3 nitrogen and oxygen atoms in total. The van der Waals surface area contributed by atoms with Crippen molar-refractivity contribution in [2.24, 2.45) is 11.8 Å². The van der Waals surface area contributed by atoms with Crippen molar-refractivity contribution in [1.82, 2.24) is 10.2 Å². The topological polar surface area (TPSA) is 24.5 Å². The van der Waals surface area contributed by atoms with Crippen LogP contribution in [0.1, 0.15) is 47.0 Å². The van der Waals surface area contributed by atoms with Crippen molar-refractivity contribution in [2.75, 3.05) is 26.3 Å². The summed E-state index contributed by atoms with van der Waals surface area (Å²) >= 11 is 0. The molecule has 19 heavy (non-hydrogen) atoms. The maximum atomic E-state index is 5.78. The summed E-state index contributed by atoms with van der Waals surface area (Å²) in [5, 5.41) is 3.75. The summed E-state index contributed by atoms with van der Waals surface area (Å²) in [5.74, 6) is 1.62. The lowest BCUT2D eigenvalue weighted by atomic mass is 9.83. The number of piperidine rings is 1. The molecule has 0 aromatic rings. The van der Waals surface area contributed by atoms with E-state index in [1.165, 1.54) is 19.4 Å². The van der Waals surface area contributed by atoms with Gasteiger partial charge in [-0.2, -0.15) is 0 Å². The van der Waals surface area contributed by atoms with Crippen molar-refractivity contribution < 1.29 is 4.74 Å². The molecule has 0 aromatic carbocycles. The second kappa shape index (κ2) is 7.05. The van der Waals surface area contributed by atoms with Crippen LogP contribution in [-0.2, 0) is 4.74 Å². The van der Waals surface area contributed by atoms with Gasteiger partial charge < -0.3 is 10.1 Å². The first kappa shape index (κ1) is 15.3. The fourth-order valence-electron chi connectivity index (χ4n) is 3.81. The zero-order chi connectivity index (χ0) is 13.8. The lowest BCUT2D eigenvalue weighted by Gasteiger charge is -2.49. The van der Waals surface area contributed by atoms with Gasteiger partial charge in [0, 0.05) is 31.3 Å². The lowest BCUT2D eigenvalue weighted by molar-refractivity contribution is -0.0478. The maximum Gasteiger partial charge on any atom is 0.0637 e. The number of hydrogen-bond acceptors (Lipinski definition) is 3. The van der Waals surface area contributed by atoms with Gasteiger partial charge >= 0.3 is 0 Å². The van der Waals surface area contributed by atoms with Gasteiger partial charge in [-0.1, -0.05) is 20.8 Å². The summed E-state index contributed by atoms with van der Waals surface area (Å²) < 4.78 is 5.78. The van der Waals surface area contributed by atoms with Gasteiger partial charge in [-0.15, -0.1) is 0 Å². The summed E-state index contributed by atoms with van der Waals surface area (Å²) in [7, 11) is 0. The Morgan fingerprint density at radius 2 is 2.05 bits per heavy atom. The van der Waals surface area contributed by atoms with E-state index >= 15 is 0 Å². The van der Waals surface area contributed by atoms with Crippen molar-refractivity contribution in [1.29, 1.82) is 0 Å². The van der Waals surface area contributed by atoms with Crippen LogP contribution in [0.2, 0.25) is 0 Å². The van der Waals surface area contributed by atoms with Crippen LogP contribution >= 0.6 is 0 Å². The number of hydrogen-bond donors (Lipinski definition) is 1. The minimum atomic E-state index is 0.570. The fourth-order valence-corrected chi connectivity index (χ4v) is 3.81. The van der Waals surface area contributed by atoms with Crippen LogP contribution in [0.3, 0.4) is 0 Å². The molecular formula is C16H32N2O. The van der Waals surface area contributed by atoms with Crippen molar-refractivity contribution in [3.05, 3.63) is 0 Å². The van der Waals surface area contributed by atoms with Crippen LogP contribution in [0, 0.1) is 11.8 Å². The Hall–Kier alpha value is -0.120. The third-order valence-electron chi connectivity index (χ3n) is 5.05. The number of rotatable bonds is 4. The average Bonchev–Trinajstić information content (AvgIpc) is 2.41. The van der Waals surface area contributed by atoms with Gasteiger partial charge in [0.05, 0.1) is 6.61 Å². The minimum Gasteiger partial charge on any atom is -0.380 e. The second-order valence-electron chi connectivity index (χ2n) is 6.75. The van der Waals surface area contributed by atoms with Gasteiger partial charge in [0.1, 0.15) is 0 Å². The Bertz CT molecular complexity index is 271. The molecule has 0 spiro atoms. The van der Waals surface area contributed by atoms with Crippen LogP contribution in [0.4, 0.5) is 0 Å². The van der Waals surface area contributed by atoms with E-state index in [1.54, 1.807) is 0 Å². The van der Waals surface area contributed by atoms with Crippen molar-refractivity contribution in [2.45, 2.75) is 65.1 Å². The van der Waals surface area contributed by atoms with E-state index in [4.69, 9.17) is 4.74 Å². The molecule has 2 heterocycles. The van der Waals surface area contributed by atoms with Crippen LogP contribution < -0.4 is 5.32 Å². The van der Waals surface area contributed by atoms with Crippen molar-refractivity contribution in [3.8, 4) is 0 Å². The van der Waals surface area contributed by atoms with E-state index in [9.17, 15) is 0 Å². The molecule has 0 amide bonds. The SMILES string of the molecule is CCCNC1CCOCC1N1CC(C)CC(C)C1C. The van der Waals surface area contributed by atoms with E-state index in [0.29, 0.717) is 18.1 Å². The first-order valence-corrected chi connectivity index (χ1v) is 8.20. The molecule has 0 bridgehead atoms. The predicted octanol–water partition coefficient (Wildman–Crippen LogP) is 2.51. The normalized spacial score (nSPS) is 41.4. The number of nitrogens with zero attached hydrogens (tertiary/aromatic N) is 1. The van der Waals surface area contributed by atoms with Crippen LogP contribution in [0.15, 0.2) is 0 Å². The third-order valence-corrected chi connectivity index (χ3v) is 5.05. The molecule has 3 heteroatoms. The lowest BCUT2D eigenvalue weighted by Crippen LogP contribution is -2.61. The number of nitrogens with one attached hydrogen (secondary N) is 1. The van der Waals surface area contributed by atoms with Gasteiger partial charge in [0.15, 0.2) is 0 Å². The van der Waals surface area contributed by atoms with E-state index in [1.807, 2.05) is 0 Å². The van der Waals surface area contributed by atoms with E-state index in [2.05, 4.69) is 37.9 Å². The summed E-state index contributed by atoms with van der Waals surface area (Å²) in [6.07, 6.45) is 3.75. The fraction of sp³-hybridized carbons (Fsp3) is 1.00. The Morgan fingerprint density at radius 3 is 2.79 bits per heavy atom. The summed E-state index contributed by atoms with van der Waals surface area (Å²) in [5.41, 5.74) is 0. The molecule has 5 unspecified atom stereocenters. The Kier molecular flexibility index (Phi) is 5.67. The van der Waals surface area contributed by atoms with Gasteiger partial charge in [-0.05, 0) is 44.6 Å². The highest BCUT2D eigenvalue weighted by Gasteiger charge is 2.38. The Morgan fingerprint density at radius 1 is 1.26 bits per heavy atom. The molecule has 112 valence electrons. The van der Waals surface area contributed by atoms with E-state index in [-0.39, 0.29) is 0 Å². The maximum absolute atomic E-state index is 5.78. The predicted molar refractivity (Wildman–Crippen MR) is 80.4 cm³/mol. The minimum absolute atomic E-state index is 0.570. The van der Waals surface area contributed by atoms with E-state index in [0.717, 1.165) is 38.0 Å². The first-order chi connectivity index (χ1) is 9.13. The zero-order valence-electron chi connectivity index (χ0n) is 13.2. The second-order valence-corrected chi connectivity index (χ2v) is 6.75. The zero-order valence-corrected chi connectivity index (χ0v) is 13.2. The third kappa shape index (κ3) is 3.71. The van der Waals surface area contributed by atoms with Gasteiger partial charge in [0.2, 0.25) is 0 Å². The first-order valence-electron chi connectivity index (χ1n) is 8.20. The molecule has 5 atom stereocenters. The molecule has 0 saturated carbocycles. The Balaban J connectivity index is 2.03. The molecule has 0 aromatic heterocycles. The molecular weight excluding hydrogens is 236 g/mol.